The number of esters is 1. The van der Waals surface area contributed by atoms with Crippen LogP contribution in [-0.2, 0) is 10.9 Å². The lowest BCUT2D eigenvalue weighted by Crippen LogP contribution is -2.11. The average molecular weight is 544 g/mol. The molecule has 0 aliphatic heterocycles. The van der Waals surface area contributed by atoms with Crippen molar-refractivity contribution in [3.8, 4) is 28.9 Å². The standard InChI is InChI=1S/C24H17ClF3N7O3/c1-12-4-19(24(26,27)28)34-35(12)20-18(14-7-17(22(36)38-3)21(37-2)30-10-14)11-31-23(33-20)32-16-6-13(9-29)5-15(25)8-16/h4-8,10-11H,1-3H3,(H,31,32,33). The Kier molecular flexibility index (Phi) is 7.18. The van der Waals surface area contributed by atoms with Gasteiger partial charge < -0.3 is 14.8 Å². The van der Waals surface area contributed by atoms with Gasteiger partial charge in [0.1, 0.15) is 5.56 Å². The molecule has 3 aromatic heterocycles. The molecule has 10 nitrogen and oxygen atoms in total. The third-order valence-electron chi connectivity index (χ3n) is 5.19. The van der Waals surface area contributed by atoms with E-state index in [0.29, 0.717) is 5.69 Å². The maximum Gasteiger partial charge on any atom is 0.435 e. The number of nitrogens with one attached hydrogen (secondary N) is 1. The molecule has 0 unspecified atom stereocenters. The number of rotatable bonds is 6. The Labute approximate surface area is 218 Å². The fourth-order valence-corrected chi connectivity index (χ4v) is 3.73. The van der Waals surface area contributed by atoms with Crippen LogP contribution in [-0.4, -0.2) is 44.9 Å². The molecule has 0 atom stereocenters. The van der Waals surface area contributed by atoms with Gasteiger partial charge in [-0.3, -0.25) is 0 Å². The number of hydrogen-bond acceptors (Lipinski definition) is 9. The summed E-state index contributed by atoms with van der Waals surface area (Å²) < 4.78 is 51.2. The van der Waals surface area contributed by atoms with Gasteiger partial charge in [0.05, 0.1) is 25.9 Å². The van der Waals surface area contributed by atoms with Crippen molar-refractivity contribution < 1.29 is 27.4 Å². The minimum absolute atomic E-state index is 0.00904. The van der Waals surface area contributed by atoms with Crippen LogP contribution in [0.4, 0.5) is 24.8 Å². The van der Waals surface area contributed by atoms with Gasteiger partial charge in [-0.15, -0.1) is 0 Å². The number of aromatic nitrogens is 5. The van der Waals surface area contributed by atoms with Gasteiger partial charge in [-0.25, -0.2) is 19.4 Å². The van der Waals surface area contributed by atoms with Crippen molar-refractivity contribution in [1.82, 2.24) is 24.7 Å². The number of anilines is 2. The summed E-state index contributed by atoms with van der Waals surface area (Å²) in [4.78, 5) is 25.1. The second kappa shape index (κ2) is 10.3. The molecule has 1 aromatic carbocycles. The van der Waals surface area contributed by atoms with E-state index < -0.39 is 17.8 Å². The maximum atomic E-state index is 13.4. The van der Waals surface area contributed by atoms with E-state index in [1.54, 1.807) is 0 Å². The number of alkyl halides is 3. The summed E-state index contributed by atoms with van der Waals surface area (Å²) in [5.41, 5.74) is 0.134. The number of carbonyl (C=O) groups is 1. The quantitative estimate of drug-likeness (QED) is 0.330. The van der Waals surface area contributed by atoms with E-state index in [9.17, 15) is 23.2 Å². The molecule has 0 amide bonds. The molecule has 0 spiro atoms. The summed E-state index contributed by atoms with van der Waals surface area (Å²) in [7, 11) is 2.51. The zero-order chi connectivity index (χ0) is 27.6. The number of nitrogens with zero attached hydrogens (tertiary/aromatic N) is 6. The lowest BCUT2D eigenvalue weighted by molar-refractivity contribution is -0.141. The number of aryl methyl sites for hydroxylation is 1. The highest BCUT2D eigenvalue weighted by Gasteiger charge is 2.35. The van der Waals surface area contributed by atoms with Crippen molar-refractivity contribution in [2.75, 3.05) is 19.5 Å². The maximum absolute atomic E-state index is 13.4. The van der Waals surface area contributed by atoms with Crippen LogP contribution < -0.4 is 10.1 Å². The molecule has 4 aromatic rings. The predicted octanol–water partition coefficient (Wildman–Crippen LogP) is 5.12. The molecule has 0 aliphatic rings. The zero-order valence-corrected chi connectivity index (χ0v) is 20.7. The van der Waals surface area contributed by atoms with Crippen LogP contribution >= 0.6 is 11.6 Å². The van der Waals surface area contributed by atoms with Gasteiger partial charge in [-0.05, 0) is 37.3 Å². The molecule has 0 bridgehead atoms. The number of benzene rings is 1. The van der Waals surface area contributed by atoms with Gasteiger partial charge in [0, 0.05) is 39.9 Å². The predicted molar refractivity (Wildman–Crippen MR) is 129 cm³/mol. The Morgan fingerprint density at radius 3 is 2.53 bits per heavy atom. The fraction of sp³-hybridized carbons (Fsp3) is 0.167. The van der Waals surface area contributed by atoms with Crippen molar-refractivity contribution >= 4 is 29.2 Å². The molecule has 1 N–H and O–H groups in total. The SMILES string of the molecule is COC(=O)c1cc(-c2cnc(Nc3cc(Cl)cc(C#N)c3)nc2-n2nc(C(F)(F)F)cc2C)cnc1OC. The summed E-state index contributed by atoms with van der Waals surface area (Å²) in [5.74, 6) is -0.806. The smallest absolute Gasteiger partial charge is 0.435 e. The lowest BCUT2D eigenvalue weighted by Gasteiger charge is -2.14. The summed E-state index contributed by atoms with van der Waals surface area (Å²) in [5, 5.41) is 16.1. The minimum Gasteiger partial charge on any atom is -0.480 e. The molecule has 0 fully saturated rings. The Morgan fingerprint density at radius 1 is 1.13 bits per heavy atom. The second-order valence-electron chi connectivity index (χ2n) is 7.75. The molecular formula is C24H17ClF3N7O3. The summed E-state index contributed by atoms with van der Waals surface area (Å²) in [6.45, 7) is 1.43. The molecular weight excluding hydrogens is 527 g/mol. The van der Waals surface area contributed by atoms with E-state index in [-0.39, 0.29) is 50.6 Å². The molecule has 0 radical (unpaired) electrons. The van der Waals surface area contributed by atoms with Crippen LogP contribution in [0.25, 0.3) is 16.9 Å². The Hall–Kier alpha value is -4.70. The highest BCUT2D eigenvalue weighted by Crippen LogP contribution is 2.33. The number of carbonyl (C=O) groups excluding carboxylic acids is 1. The van der Waals surface area contributed by atoms with Crippen LogP contribution in [0.15, 0.2) is 42.7 Å². The molecule has 38 heavy (non-hydrogen) atoms. The molecule has 0 aliphatic carbocycles. The molecule has 4 rings (SSSR count). The van der Waals surface area contributed by atoms with E-state index >= 15 is 0 Å². The van der Waals surface area contributed by atoms with Crippen molar-refractivity contribution in [2.24, 2.45) is 0 Å². The molecule has 3 heterocycles. The first kappa shape index (κ1) is 26.4. The largest absolute Gasteiger partial charge is 0.480 e. The molecule has 0 saturated heterocycles. The molecule has 14 heteroatoms. The Morgan fingerprint density at radius 2 is 1.89 bits per heavy atom. The number of hydrogen-bond donors (Lipinski definition) is 1. The monoisotopic (exact) mass is 543 g/mol. The van der Waals surface area contributed by atoms with Gasteiger partial charge in [0.2, 0.25) is 11.8 Å². The Balaban J connectivity index is 1.90. The summed E-state index contributed by atoms with van der Waals surface area (Å²) in [6, 6.07) is 8.73. The highest BCUT2D eigenvalue weighted by molar-refractivity contribution is 6.31. The zero-order valence-electron chi connectivity index (χ0n) is 20.0. The number of nitriles is 1. The normalized spacial score (nSPS) is 11.1. The van der Waals surface area contributed by atoms with Crippen molar-refractivity contribution in [2.45, 2.75) is 13.1 Å². The lowest BCUT2D eigenvalue weighted by atomic mass is 10.1. The van der Waals surface area contributed by atoms with E-state index in [2.05, 4.69) is 25.4 Å². The average Bonchev–Trinajstić information content (AvgIpc) is 3.29. The van der Waals surface area contributed by atoms with Gasteiger partial charge in [-0.2, -0.15) is 28.5 Å². The number of ether oxygens (including phenoxy) is 2. The van der Waals surface area contributed by atoms with Crippen molar-refractivity contribution in [3.05, 3.63) is 70.3 Å². The van der Waals surface area contributed by atoms with Crippen molar-refractivity contribution in [1.29, 1.82) is 5.26 Å². The van der Waals surface area contributed by atoms with Crippen LogP contribution in [0.5, 0.6) is 5.88 Å². The van der Waals surface area contributed by atoms with Gasteiger partial charge in [0.25, 0.3) is 0 Å². The minimum atomic E-state index is -4.70. The molecule has 194 valence electrons. The first-order chi connectivity index (χ1) is 18.0. The van der Waals surface area contributed by atoms with Crippen LogP contribution in [0.2, 0.25) is 5.02 Å². The van der Waals surface area contributed by atoms with E-state index in [4.69, 9.17) is 21.1 Å². The van der Waals surface area contributed by atoms with Gasteiger partial charge in [-0.1, -0.05) is 11.6 Å². The van der Waals surface area contributed by atoms with Crippen LogP contribution in [0.3, 0.4) is 0 Å². The third kappa shape index (κ3) is 5.35. The number of halogens is 4. The molecule has 0 saturated carbocycles. The first-order valence-electron chi connectivity index (χ1n) is 10.7. The number of pyridine rings is 1. The third-order valence-corrected chi connectivity index (χ3v) is 5.41. The van der Waals surface area contributed by atoms with Gasteiger partial charge >= 0.3 is 12.1 Å². The second-order valence-corrected chi connectivity index (χ2v) is 8.19. The van der Waals surface area contributed by atoms with Crippen LogP contribution in [0.1, 0.15) is 27.3 Å². The topological polar surface area (TPSA) is 128 Å². The summed E-state index contributed by atoms with van der Waals surface area (Å²) >= 11 is 6.06. The number of methoxy groups -OCH3 is 2. The van der Waals surface area contributed by atoms with E-state index in [1.807, 2.05) is 6.07 Å². The Bertz CT molecular complexity index is 1580. The van der Waals surface area contributed by atoms with Crippen molar-refractivity contribution in [3.63, 3.8) is 0 Å². The highest BCUT2D eigenvalue weighted by atomic mass is 35.5. The summed E-state index contributed by atoms with van der Waals surface area (Å²) in [6.07, 6.45) is -2.02. The van der Waals surface area contributed by atoms with Gasteiger partial charge in [0.15, 0.2) is 11.5 Å². The van der Waals surface area contributed by atoms with Crippen LogP contribution in [0, 0.1) is 18.3 Å². The van der Waals surface area contributed by atoms with E-state index in [1.165, 1.54) is 57.8 Å². The fourth-order valence-electron chi connectivity index (χ4n) is 3.50. The first-order valence-corrected chi connectivity index (χ1v) is 11.0. The van der Waals surface area contributed by atoms with E-state index in [0.717, 1.165) is 10.7 Å².